The summed E-state index contributed by atoms with van der Waals surface area (Å²) in [6, 6.07) is 9.09. The van der Waals surface area contributed by atoms with Crippen molar-refractivity contribution in [2.75, 3.05) is 0 Å². The van der Waals surface area contributed by atoms with Gasteiger partial charge in [0, 0.05) is 0 Å². The fourth-order valence-electron chi connectivity index (χ4n) is 1.84. The minimum absolute atomic E-state index is 0.492. The second kappa shape index (κ2) is 3.66. The number of aliphatic carboxylic acids is 1. The van der Waals surface area contributed by atoms with E-state index in [1.54, 1.807) is 12.1 Å². The molecule has 0 radical (unpaired) electrons. The van der Waals surface area contributed by atoms with Crippen molar-refractivity contribution in [1.29, 1.82) is 0 Å². The first-order valence-electron chi connectivity index (χ1n) is 5.21. The molecule has 1 aromatic rings. The Morgan fingerprint density at radius 3 is 2.47 bits per heavy atom. The van der Waals surface area contributed by atoms with E-state index in [9.17, 15) is 9.90 Å². The number of carboxylic acid groups (broad SMARTS) is 1. The van der Waals surface area contributed by atoms with Crippen LogP contribution >= 0.6 is 0 Å². The third kappa shape index (κ3) is 2.02. The minimum atomic E-state index is -1.21. The van der Waals surface area contributed by atoms with Gasteiger partial charge in [-0.2, -0.15) is 0 Å². The maximum Gasteiger partial charge on any atom is 0.328 e. The van der Waals surface area contributed by atoms with Crippen LogP contribution in [0.1, 0.15) is 24.8 Å². The molecule has 0 aromatic heterocycles. The third-order valence-corrected chi connectivity index (χ3v) is 2.98. The molecule has 0 aliphatic heterocycles. The zero-order valence-corrected chi connectivity index (χ0v) is 8.52. The van der Waals surface area contributed by atoms with Crippen LogP contribution < -0.4 is 5.73 Å². The molecule has 1 aliphatic carbocycles. The number of carbonyl (C=O) groups is 1. The highest BCUT2D eigenvalue weighted by Gasteiger charge is 2.41. The second-order valence-electron chi connectivity index (χ2n) is 4.29. The Labute approximate surface area is 88.9 Å². The van der Waals surface area contributed by atoms with Gasteiger partial charge in [0.15, 0.2) is 0 Å². The molecule has 3 N–H and O–H groups in total. The number of nitrogens with two attached hydrogens (primary N) is 1. The Balaban J connectivity index is 2.28. The number of carboxylic acids is 1. The van der Waals surface area contributed by atoms with Gasteiger partial charge in [0.1, 0.15) is 5.54 Å². The summed E-state index contributed by atoms with van der Waals surface area (Å²) in [5.74, 6) is -0.438. The predicted octanol–water partition coefficient (Wildman–Crippen LogP) is 1.73. The molecular formula is C12H15NO2. The Bertz CT molecular complexity index is 359. The van der Waals surface area contributed by atoms with Crippen LogP contribution in [0.25, 0.3) is 0 Å². The molecule has 0 bridgehead atoms. The lowest BCUT2D eigenvalue weighted by Gasteiger charge is -2.25. The molecule has 0 saturated heterocycles. The van der Waals surface area contributed by atoms with Crippen molar-refractivity contribution in [1.82, 2.24) is 0 Å². The molecule has 1 fully saturated rings. The highest BCUT2D eigenvalue weighted by Crippen LogP contribution is 2.39. The normalized spacial score (nSPS) is 19.5. The summed E-state index contributed by atoms with van der Waals surface area (Å²) in [5.41, 5.74) is 5.50. The van der Waals surface area contributed by atoms with Crippen LogP contribution in [0.5, 0.6) is 0 Å². The average molecular weight is 205 g/mol. The Morgan fingerprint density at radius 2 is 2.00 bits per heavy atom. The summed E-state index contributed by atoms with van der Waals surface area (Å²) in [6.07, 6.45) is 2.77. The number of hydrogen-bond acceptors (Lipinski definition) is 2. The quantitative estimate of drug-likeness (QED) is 0.786. The number of benzene rings is 1. The van der Waals surface area contributed by atoms with E-state index in [2.05, 4.69) is 0 Å². The molecule has 1 saturated carbocycles. The second-order valence-corrected chi connectivity index (χ2v) is 4.29. The lowest BCUT2D eigenvalue weighted by Crippen LogP contribution is -2.45. The van der Waals surface area contributed by atoms with Gasteiger partial charge >= 0.3 is 5.97 Å². The van der Waals surface area contributed by atoms with Gasteiger partial charge in [-0.3, -0.25) is 0 Å². The summed E-state index contributed by atoms with van der Waals surface area (Å²) in [7, 11) is 0. The molecule has 1 aliphatic rings. The van der Waals surface area contributed by atoms with Gasteiger partial charge in [-0.15, -0.1) is 0 Å². The van der Waals surface area contributed by atoms with E-state index in [-0.39, 0.29) is 0 Å². The average Bonchev–Trinajstić information content (AvgIpc) is 3.02. The standard InChI is InChI=1S/C12H15NO2/c13-12(11(14)15,8-9-6-7-9)10-4-2-1-3-5-10/h1-5,9H,6-8,13H2,(H,14,15). The minimum Gasteiger partial charge on any atom is -0.480 e. The molecule has 15 heavy (non-hydrogen) atoms. The Hall–Kier alpha value is -1.35. The van der Waals surface area contributed by atoms with Crippen molar-refractivity contribution in [3.05, 3.63) is 35.9 Å². The first kappa shape index (κ1) is 10.2. The van der Waals surface area contributed by atoms with E-state index >= 15 is 0 Å². The lowest BCUT2D eigenvalue weighted by atomic mass is 9.86. The van der Waals surface area contributed by atoms with Crippen LogP contribution in [-0.2, 0) is 10.3 Å². The zero-order valence-electron chi connectivity index (χ0n) is 8.52. The molecule has 3 nitrogen and oxygen atoms in total. The molecule has 2 rings (SSSR count). The summed E-state index contributed by atoms with van der Waals surface area (Å²) < 4.78 is 0. The molecule has 3 heteroatoms. The van der Waals surface area contributed by atoms with Gasteiger partial charge in [-0.25, -0.2) is 4.79 Å². The molecule has 1 atom stereocenters. The third-order valence-electron chi connectivity index (χ3n) is 2.98. The molecule has 1 unspecified atom stereocenters. The van der Waals surface area contributed by atoms with Crippen LogP contribution in [0, 0.1) is 5.92 Å². The molecule has 0 spiro atoms. The van der Waals surface area contributed by atoms with Gasteiger partial charge in [-0.05, 0) is 17.9 Å². The van der Waals surface area contributed by atoms with Crippen LogP contribution in [0.4, 0.5) is 0 Å². The molecule has 1 aromatic carbocycles. The van der Waals surface area contributed by atoms with Crippen LogP contribution in [0.15, 0.2) is 30.3 Å². The number of hydrogen-bond donors (Lipinski definition) is 2. The Morgan fingerprint density at radius 1 is 1.40 bits per heavy atom. The maximum absolute atomic E-state index is 11.3. The largest absolute Gasteiger partial charge is 0.480 e. The van der Waals surface area contributed by atoms with Gasteiger partial charge in [0.25, 0.3) is 0 Å². The molecular weight excluding hydrogens is 190 g/mol. The van der Waals surface area contributed by atoms with E-state index in [0.717, 1.165) is 12.8 Å². The highest BCUT2D eigenvalue weighted by molar-refractivity contribution is 5.80. The molecule has 0 amide bonds. The van der Waals surface area contributed by atoms with Crippen LogP contribution in [-0.4, -0.2) is 11.1 Å². The predicted molar refractivity (Wildman–Crippen MR) is 57.3 cm³/mol. The van der Waals surface area contributed by atoms with Gasteiger partial charge < -0.3 is 10.8 Å². The number of rotatable bonds is 4. The fourth-order valence-corrected chi connectivity index (χ4v) is 1.84. The summed E-state index contributed by atoms with van der Waals surface area (Å²) in [5, 5.41) is 9.24. The molecule has 0 heterocycles. The zero-order chi connectivity index (χ0) is 10.9. The van der Waals surface area contributed by atoms with Gasteiger partial charge in [-0.1, -0.05) is 43.2 Å². The maximum atomic E-state index is 11.3. The SMILES string of the molecule is NC(CC1CC1)(C(=O)O)c1ccccc1. The Kier molecular flexibility index (Phi) is 2.49. The summed E-state index contributed by atoms with van der Waals surface area (Å²) >= 11 is 0. The lowest BCUT2D eigenvalue weighted by molar-refractivity contribution is -0.144. The van der Waals surface area contributed by atoms with Crippen molar-refractivity contribution in [2.24, 2.45) is 11.7 Å². The van der Waals surface area contributed by atoms with Crippen molar-refractivity contribution in [2.45, 2.75) is 24.8 Å². The van der Waals surface area contributed by atoms with E-state index < -0.39 is 11.5 Å². The van der Waals surface area contributed by atoms with E-state index in [1.807, 2.05) is 18.2 Å². The van der Waals surface area contributed by atoms with E-state index in [4.69, 9.17) is 5.73 Å². The first-order valence-corrected chi connectivity index (χ1v) is 5.21. The van der Waals surface area contributed by atoms with Crippen molar-refractivity contribution < 1.29 is 9.90 Å². The smallest absolute Gasteiger partial charge is 0.328 e. The monoisotopic (exact) mass is 205 g/mol. The molecule has 80 valence electrons. The van der Waals surface area contributed by atoms with E-state index in [1.165, 1.54) is 0 Å². The van der Waals surface area contributed by atoms with Crippen LogP contribution in [0.2, 0.25) is 0 Å². The highest BCUT2D eigenvalue weighted by atomic mass is 16.4. The van der Waals surface area contributed by atoms with E-state index in [0.29, 0.717) is 17.9 Å². The van der Waals surface area contributed by atoms with Crippen LogP contribution in [0.3, 0.4) is 0 Å². The van der Waals surface area contributed by atoms with Crippen molar-refractivity contribution in [3.8, 4) is 0 Å². The summed E-state index contributed by atoms with van der Waals surface area (Å²) in [4.78, 5) is 11.3. The van der Waals surface area contributed by atoms with Crippen molar-refractivity contribution in [3.63, 3.8) is 0 Å². The first-order chi connectivity index (χ1) is 7.13. The topological polar surface area (TPSA) is 63.3 Å². The summed E-state index contributed by atoms with van der Waals surface area (Å²) in [6.45, 7) is 0. The van der Waals surface area contributed by atoms with Gasteiger partial charge in [0.2, 0.25) is 0 Å². The fraction of sp³-hybridized carbons (Fsp3) is 0.417. The van der Waals surface area contributed by atoms with Crippen molar-refractivity contribution >= 4 is 5.97 Å². The van der Waals surface area contributed by atoms with Gasteiger partial charge in [0.05, 0.1) is 0 Å².